The van der Waals surface area contributed by atoms with Crippen LogP contribution in [0.4, 0.5) is 10.5 Å². The highest BCUT2D eigenvalue weighted by atomic mass is 32.2. The molecule has 2 heterocycles. The molecular formula is C22H23N3O5S. The Balaban J connectivity index is 1.44. The Hall–Kier alpha value is -3.01. The molecule has 2 atom stereocenters. The van der Waals surface area contributed by atoms with E-state index in [2.05, 4.69) is 10.3 Å². The number of anilines is 1. The van der Waals surface area contributed by atoms with Crippen LogP contribution in [0.1, 0.15) is 5.56 Å². The van der Waals surface area contributed by atoms with Crippen LogP contribution in [-0.4, -0.2) is 46.3 Å². The van der Waals surface area contributed by atoms with Gasteiger partial charge in [-0.05, 0) is 48.5 Å². The summed E-state index contributed by atoms with van der Waals surface area (Å²) in [7, 11) is 1.64. The van der Waals surface area contributed by atoms with E-state index in [9.17, 15) is 4.79 Å². The molecule has 8 nitrogen and oxygen atoms in total. The first-order chi connectivity index (χ1) is 15.1. The van der Waals surface area contributed by atoms with Gasteiger partial charge in [-0.1, -0.05) is 0 Å². The number of nitrogens with one attached hydrogen (secondary N) is 1. The fraction of sp³-hybridized carbons (Fsp3) is 0.273. The van der Waals surface area contributed by atoms with E-state index in [0.29, 0.717) is 24.6 Å². The van der Waals surface area contributed by atoms with E-state index in [0.717, 1.165) is 16.2 Å². The van der Waals surface area contributed by atoms with E-state index in [1.807, 2.05) is 47.2 Å². The first-order valence-corrected chi connectivity index (χ1v) is 10.7. The molecule has 0 aliphatic carbocycles. The number of benzene rings is 2. The predicted molar refractivity (Wildman–Crippen MR) is 117 cm³/mol. The summed E-state index contributed by atoms with van der Waals surface area (Å²) < 4.78 is 19.9. The zero-order valence-electron chi connectivity index (χ0n) is 16.9. The van der Waals surface area contributed by atoms with Crippen molar-refractivity contribution < 1.29 is 24.1 Å². The summed E-state index contributed by atoms with van der Waals surface area (Å²) in [6, 6.07) is 15.0. The first-order valence-electron chi connectivity index (χ1n) is 9.71. The summed E-state index contributed by atoms with van der Waals surface area (Å²) in [5.74, 6) is 0.563. The number of carboxylic acid groups (broad SMARTS) is 1. The maximum absolute atomic E-state index is 10.7. The lowest BCUT2D eigenvalue weighted by molar-refractivity contribution is -0.184. The molecule has 162 valence electrons. The number of thioether (sulfide) groups is 1. The molecule has 31 heavy (non-hydrogen) atoms. The maximum atomic E-state index is 10.7. The Bertz CT molecular complexity index is 995. The molecule has 1 aliphatic rings. The minimum Gasteiger partial charge on any atom is -0.497 e. The van der Waals surface area contributed by atoms with Crippen LogP contribution in [-0.2, 0) is 21.8 Å². The highest BCUT2D eigenvalue weighted by molar-refractivity contribution is 7.99. The van der Waals surface area contributed by atoms with Gasteiger partial charge in [0.05, 0.1) is 32.7 Å². The van der Waals surface area contributed by atoms with Gasteiger partial charge in [0.25, 0.3) is 0 Å². The smallest absolute Gasteiger partial charge is 0.409 e. The second-order valence-electron chi connectivity index (χ2n) is 7.03. The molecule has 1 saturated heterocycles. The molecule has 4 rings (SSSR count). The van der Waals surface area contributed by atoms with Crippen LogP contribution in [0.5, 0.6) is 5.75 Å². The van der Waals surface area contributed by atoms with Gasteiger partial charge in [-0.15, -0.1) is 11.8 Å². The Morgan fingerprint density at radius 2 is 2.06 bits per heavy atom. The van der Waals surface area contributed by atoms with Crippen molar-refractivity contribution in [3.8, 4) is 5.75 Å². The first kappa shape index (κ1) is 21.2. The highest BCUT2D eigenvalue weighted by Crippen LogP contribution is 2.38. The molecule has 0 saturated carbocycles. The summed E-state index contributed by atoms with van der Waals surface area (Å²) in [4.78, 5) is 15.9. The van der Waals surface area contributed by atoms with Gasteiger partial charge in [0.1, 0.15) is 5.75 Å². The summed E-state index contributed by atoms with van der Waals surface area (Å²) in [6.07, 6.45) is 4.17. The van der Waals surface area contributed by atoms with Crippen LogP contribution in [0.2, 0.25) is 0 Å². The lowest BCUT2D eigenvalue weighted by Gasteiger charge is -2.29. The van der Waals surface area contributed by atoms with Gasteiger partial charge in [0, 0.05) is 34.3 Å². The second kappa shape index (κ2) is 9.42. The van der Waals surface area contributed by atoms with Crippen molar-refractivity contribution in [1.82, 2.24) is 9.55 Å². The van der Waals surface area contributed by atoms with Gasteiger partial charge in [-0.25, -0.2) is 9.78 Å². The summed E-state index contributed by atoms with van der Waals surface area (Å²) in [6.45, 7) is 0.947. The van der Waals surface area contributed by atoms with E-state index in [1.54, 1.807) is 43.5 Å². The van der Waals surface area contributed by atoms with Crippen LogP contribution < -0.4 is 10.1 Å². The maximum Gasteiger partial charge on any atom is 0.409 e. The zero-order chi connectivity index (χ0) is 21.7. The molecule has 1 aromatic heterocycles. The predicted octanol–water partition coefficient (Wildman–Crippen LogP) is 4.04. The number of nitrogens with zero attached hydrogens (tertiary/aromatic N) is 2. The lowest BCUT2D eigenvalue weighted by Crippen LogP contribution is -2.33. The van der Waals surface area contributed by atoms with E-state index in [-0.39, 0.29) is 6.10 Å². The number of amides is 1. The largest absolute Gasteiger partial charge is 0.497 e. The monoisotopic (exact) mass is 441 g/mol. The molecule has 1 aliphatic heterocycles. The van der Waals surface area contributed by atoms with Crippen molar-refractivity contribution in [3.63, 3.8) is 0 Å². The number of methoxy groups -OCH3 is 1. The number of aromatic nitrogens is 2. The molecule has 0 radical (unpaired) electrons. The van der Waals surface area contributed by atoms with E-state index >= 15 is 0 Å². The number of imidazole rings is 1. The van der Waals surface area contributed by atoms with E-state index in [1.165, 1.54) is 0 Å². The average molecular weight is 442 g/mol. The SMILES string of the molecule is COc1ccc(C2(Cn3ccnc3)OCC(CSc3ccc(NC(=O)O)cc3)O2)cc1. The van der Waals surface area contributed by atoms with Gasteiger partial charge >= 0.3 is 6.09 Å². The van der Waals surface area contributed by atoms with Gasteiger partial charge < -0.3 is 23.9 Å². The summed E-state index contributed by atoms with van der Waals surface area (Å²) >= 11 is 1.64. The number of rotatable bonds is 8. The van der Waals surface area contributed by atoms with Crippen LogP contribution in [0.25, 0.3) is 0 Å². The Kier molecular flexibility index (Phi) is 6.45. The van der Waals surface area contributed by atoms with Gasteiger partial charge in [-0.3, -0.25) is 5.32 Å². The summed E-state index contributed by atoms with van der Waals surface area (Å²) in [5, 5.41) is 11.1. The zero-order valence-corrected chi connectivity index (χ0v) is 17.7. The quantitative estimate of drug-likeness (QED) is 0.510. The van der Waals surface area contributed by atoms with Crippen LogP contribution in [0.3, 0.4) is 0 Å². The minimum absolute atomic E-state index is 0.104. The fourth-order valence-corrected chi connectivity index (χ4v) is 4.26. The van der Waals surface area contributed by atoms with Crippen molar-refractivity contribution in [1.29, 1.82) is 0 Å². The Morgan fingerprint density at radius 3 is 2.71 bits per heavy atom. The van der Waals surface area contributed by atoms with Gasteiger partial charge in [0.15, 0.2) is 0 Å². The van der Waals surface area contributed by atoms with E-state index in [4.69, 9.17) is 19.3 Å². The molecule has 1 amide bonds. The fourth-order valence-electron chi connectivity index (χ4n) is 3.39. The van der Waals surface area contributed by atoms with Crippen LogP contribution >= 0.6 is 11.8 Å². The second-order valence-corrected chi connectivity index (χ2v) is 8.13. The van der Waals surface area contributed by atoms with Crippen molar-refractivity contribution >= 4 is 23.5 Å². The third kappa shape index (κ3) is 5.19. The molecule has 9 heteroatoms. The number of hydrogen-bond acceptors (Lipinski definition) is 6. The molecule has 2 N–H and O–H groups in total. The van der Waals surface area contributed by atoms with Crippen molar-refractivity contribution in [2.24, 2.45) is 0 Å². The van der Waals surface area contributed by atoms with Crippen LogP contribution in [0, 0.1) is 0 Å². The highest BCUT2D eigenvalue weighted by Gasteiger charge is 2.43. The molecular weight excluding hydrogens is 418 g/mol. The van der Waals surface area contributed by atoms with Crippen LogP contribution in [0.15, 0.2) is 72.1 Å². The number of ether oxygens (including phenoxy) is 3. The Morgan fingerprint density at radius 1 is 1.29 bits per heavy atom. The number of carbonyl (C=O) groups is 1. The molecule has 0 bridgehead atoms. The summed E-state index contributed by atoms with van der Waals surface area (Å²) in [5.41, 5.74) is 1.45. The normalized spacial score (nSPS) is 20.5. The molecule has 2 aromatic carbocycles. The van der Waals surface area contributed by atoms with Crippen molar-refractivity contribution in [3.05, 3.63) is 72.8 Å². The topological polar surface area (TPSA) is 94.8 Å². The standard InChI is InChI=1S/C22H23N3O5S/c1-28-18-6-2-16(3-7-18)22(14-25-11-10-23-15-25)29-12-19(30-22)13-31-20-8-4-17(5-9-20)24-21(26)27/h2-11,15,19,24H,12-14H2,1H3,(H,26,27). The molecule has 2 unspecified atom stereocenters. The van der Waals surface area contributed by atoms with Gasteiger partial charge in [0.2, 0.25) is 5.79 Å². The third-order valence-corrected chi connectivity index (χ3v) is 6.02. The van der Waals surface area contributed by atoms with Crippen molar-refractivity contribution in [2.75, 3.05) is 24.8 Å². The molecule has 0 spiro atoms. The number of hydrogen-bond donors (Lipinski definition) is 2. The molecule has 1 fully saturated rings. The van der Waals surface area contributed by atoms with Gasteiger partial charge in [-0.2, -0.15) is 0 Å². The lowest BCUT2D eigenvalue weighted by atomic mass is 10.1. The Labute approximate surface area is 184 Å². The minimum atomic E-state index is -1.08. The molecule has 3 aromatic rings. The third-order valence-electron chi connectivity index (χ3n) is 4.88. The van der Waals surface area contributed by atoms with Crippen molar-refractivity contribution in [2.45, 2.75) is 23.3 Å². The average Bonchev–Trinajstić information content (AvgIpc) is 3.44. The van der Waals surface area contributed by atoms with E-state index < -0.39 is 11.9 Å².